The molecule has 1 aliphatic heterocycles. The number of carboxylic acid groups (broad SMARTS) is 1. The van der Waals surface area contributed by atoms with Crippen LogP contribution in [0.5, 0.6) is 5.75 Å². The number of hydrogen-bond acceptors (Lipinski definition) is 5. The summed E-state index contributed by atoms with van der Waals surface area (Å²) >= 11 is 0. The standard InChI is InChI=1S/C12H15NO6S/c1-18-10-6-8(12(14)15)2-3-11(10)20(16,17)13-9-4-5-19-7-9/h2-3,6,9,13H,4-5,7H2,1H3,(H,14,15). The summed E-state index contributed by atoms with van der Waals surface area (Å²) in [6.07, 6.45) is 0.606. The van der Waals surface area contributed by atoms with Gasteiger partial charge in [0.2, 0.25) is 10.0 Å². The quantitative estimate of drug-likeness (QED) is 0.819. The number of sulfonamides is 1. The second kappa shape index (κ2) is 5.78. The summed E-state index contributed by atoms with van der Waals surface area (Å²) in [4.78, 5) is 10.8. The Labute approximate surface area is 116 Å². The van der Waals surface area contributed by atoms with Crippen molar-refractivity contribution in [2.24, 2.45) is 0 Å². The average Bonchev–Trinajstić information content (AvgIpc) is 2.89. The highest BCUT2D eigenvalue weighted by Crippen LogP contribution is 2.25. The van der Waals surface area contributed by atoms with Gasteiger partial charge in [-0.3, -0.25) is 0 Å². The number of hydrogen-bond donors (Lipinski definition) is 2. The number of benzene rings is 1. The van der Waals surface area contributed by atoms with Crippen molar-refractivity contribution < 1.29 is 27.8 Å². The first-order valence-corrected chi connectivity index (χ1v) is 7.44. The Bertz CT molecular complexity index is 606. The zero-order chi connectivity index (χ0) is 14.8. The van der Waals surface area contributed by atoms with Gasteiger partial charge in [0, 0.05) is 12.6 Å². The third kappa shape index (κ3) is 3.09. The molecule has 0 spiro atoms. The molecule has 1 heterocycles. The molecule has 0 radical (unpaired) electrons. The normalized spacial score (nSPS) is 18.9. The Hall–Kier alpha value is -1.64. The highest BCUT2D eigenvalue weighted by Gasteiger charge is 2.26. The summed E-state index contributed by atoms with van der Waals surface area (Å²) in [6, 6.07) is 3.36. The minimum absolute atomic E-state index is 0.00341. The Morgan fingerprint density at radius 1 is 1.50 bits per heavy atom. The second-order valence-corrected chi connectivity index (χ2v) is 6.03. The summed E-state index contributed by atoms with van der Waals surface area (Å²) in [5.74, 6) is -1.15. The predicted molar refractivity (Wildman–Crippen MR) is 69.5 cm³/mol. The van der Waals surface area contributed by atoms with Gasteiger partial charge in [-0.25, -0.2) is 17.9 Å². The lowest BCUT2D eigenvalue weighted by Crippen LogP contribution is -2.35. The van der Waals surface area contributed by atoms with Gasteiger partial charge in [0.25, 0.3) is 0 Å². The van der Waals surface area contributed by atoms with Gasteiger partial charge in [-0.1, -0.05) is 0 Å². The average molecular weight is 301 g/mol. The summed E-state index contributed by atoms with van der Waals surface area (Å²) in [5.41, 5.74) is -0.0370. The van der Waals surface area contributed by atoms with Crippen molar-refractivity contribution in [1.82, 2.24) is 4.72 Å². The van der Waals surface area contributed by atoms with Crippen LogP contribution in [0.25, 0.3) is 0 Å². The van der Waals surface area contributed by atoms with Gasteiger partial charge >= 0.3 is 5.97 Å². The Kier molecular flexibility index (Phi) is 4.26. The first kappa shape index (κ1) is 14.8. The molecule has 0 amide bonds. The van der Waals surface area contributed by atoms with Crippen LogP contribution in [0.15, 0.2) is 23.1 Å². The predicted octanol–water partition coefficient (Wildman–Crippen LogP) is 0.461. The van der Waals surface area contributed by atoms with Gasteiger partial charge in [-0.05, 0) is 24.6 Å². The van der Waals surface area contributed by atoms with E-state index in [-0.39, 0.29) is 22.3 Å². The maximum Gasteiger partial charge on any atom is 0.335 e. The molecule has 20 heavy (non-hydrogen) atoms. The fraction of sp³-hybridized carbons (Fsp3) is 0.417. The maximum atomic E-state index is 12.3. The molecule has 1 atom stereocenters. The largest absolute Gasteiger partial charge is 0.495 e. The van der Waals surface area contributed by atoms with Crippen molar-refractivity contribution >= 4 is 16.0 Å². The van der Waals surface area contributed by atoms with E-state index < -0.39 is 16.0 Å². The van der Waals surface area contributed by atoms with Gasteiger partial charge < -0.3 is 14.6 Å². The lowest BCUT2D eigenvalue weighted by atomic mass is 10.2. The first-order chi connectivity index (χ1) is 9.44. The van der Waals surface area contributed by atoms with Crippen LogP contribution in [0, 0.1) is 0 Å². The fourth-order valence-corrected chi connectivity index (χ4v) is 3.34. The highest BCUT2D eigenvalue weighted by molar-refractivity contribution is 7.89. The number of ether oxygens (including phenoxy) is 2. The molecule has 1 aliphatic rings. The summed E-state index contributed by atoms with van der Waals surface area (Å²) < 4.78 is 37.1. The van der Waals surface area contributed by atoms with E-state index in [1.54, 1.807) is 0 Å². The van der Waals surface area contributed by atoms with Gasteiger partial charge in [0.05, 0.1) is 19.3 Å². The molecule has 0 aliphatic carbocycles. The number of nitrogens with one attached hydrogen (secondary N) is 1. The van der Waals surface area contributed by atoms with Crippen molar-refractivity contribution in [3.8, 4) is 5.75 Å². The number of methoxy groups -OCH3 is 1. The van der Waals surface area contributed by atoms with Crippen molar-refractivity contribution in [3.63, 3.8) is 0 Å². The fourth-order valence-electron chi connectivity index (χ4n) is 1.93. The van der Waals surface area contributed by atoms with Gasteiger partial charge in [0.1, 0.15) is 10.6 Å². The van der Waals surface area contributed by atoms with Crippen LogP contribution in [-0.2, 0) is 14.8 Å². The van der Waals surface area contributed by atoms with E-state index >= 15 is 0 Å². The molecule has 2 rings (SSSR count). The van der Waals surface area contributed by atoms with E-state index in [0.29, 0.717) is 19.6 Å². The Balaban J connectivity index is 2.32. The molecule has 0 aromatic heterocycles. The zero-order valence-electron chi connectivity index (χ0n) is 10.8. The molecular weight excluding hydrogens is 286 g/mol. The number of rotatable bonds is 5. The molecule has 2 N–H and O–H groups in total. The third-order valence-corrected chi connectivity index (χ3v) is 4.51. The van der Waals surface area contributed by atoms with Crippen LogP contribution in [0.1, 0.15) is 16.8 Å². The van der Waals surface area contributed by atoms with Gasteiger partial charge in [-0.2, -0.15) is 0 Å². The lowest BCUT2D eigenvalue weighted by Gasteiger charge is -2.14. The molecule has 8 heteroatoms. The Morgan fingerprint density at radius 2 is 2.25 bits per heavy atom. The molecule has 1 saturated heterocycles. The van der Waals surface area contributed by atoms with E-state index in [1.165, 1.54) is 25.3 Å². The van der Waals surface area contributed by atoms with E-state index in [4.69, 9.17) is 14.6 Å². The van der Waals surface area contributed by atoms with Gasteiger partial charge in [-0.15, -0.1) is 0 Å². The lowest BCUT2D eigenvalue weighted by molar-refractivity contribution is 0.0696. The summed E-state index contributed by atoms with van der Waals surface area (Å²) in [5, 5.41) is 8.89. The van der Waals surface area contributed by atoms with Crippen molar-refractivity contribution in [1.29, 1.82) is 0 Å². The van der Waals surface area contributed by atoms with E-state index in [9.17, 15) is 13.2 Å². The molecule has 7 nitrogen and oxygen atoms in total. The van der Waals surface area contributed by atoms with Crippen LogP contribution in [0.2, 0.25) is 0 Å². The van der Waals surface area contributed by atoms with Crippen molar-refractivity contribution in [2.75, 3.05) is 20.3 Å². The monoisotopic (exact) mass is 301 g/mol. The minimum atomic E-state index is -3.78. The second-order valence-electron chi connectivity index (χ2n) is 4.35. The number of carboxylic acids is 1. The molecule has 110 valence electrons. The summed E-state index contributed by atoms with van der Waals surface area (Å²) in [6.45, 7) is 0.844. The first-order valence-electron chi connectivity index (χ1n) is 5.95. The maximum absolute atomic E-state index is 12.3. The summed E-state index contributed by atoms with van der Waals surface area (Å²) in [7, 11) is -2.49. The smallest absolute Gasteiger partial charge is 0.335 e. The molecule has 1 aromatic rings. The molecule has 0 bridgehead atoms. The van der Waals surface area contributed by atoms with Crippen LogP contribution < -0.4 is 9.46 Å². The van der Waals surface area contributed by atoms with E-state index in [2.05, 4.69) is 4.72 Å². The SMILES string of the molecule is COc1cc(C(=O)O)ccc1S(=O)(=O)NC1CCOC1. The molecule has 1 aromatic carbocycles. The van der Waals surface area contributed by atoms with Crippen LogP contribution in [-0.4, -0.2) is 45.9 Å². The Morgan fingerprint density at radius 3 is 2.80 bits per heavy atom. The molecule has 1 unspecified atom stereocenters. The van der Waals surface area contributed by atoms with Crippen LogP contribution in [0.4, 0.5) is 0 Å². The zero-order valence-corrected chi connectivity index (χ0v) is 11.6. The molecule has 0 saturated carbocycles. The minimum Gasteiger partial charge on any atom is -0.495 e. The number of aromatic carboxylic acids is 1. The van der Waals surface area contributed by atoms with Crippen LogP contribution >= 0.6 is 0 Å². The molecular formula is C12H15NO6S. The number of carbonyl (C=O) groups is 1. The van der Waals surface area contributed by atoms with Gasteiger partial charge in [0.15, 0.2) is 0 Å². The van der Waals surface area contributed by atoms with E-state index in [0.717, 1.165) is 0 Å². The van der Waals surface area contributed by atoms with Crippen molar-refractivity contribution in [3.05, 3.63) is 23.8 Å². The van der Waals surface area contributed by atoms with E-state index in [1.807, 2.05) is 0 Å². The highest BCUT2D eigenvalue weighted by atomic mass is 32.2. The van der Waals surface area contributed by atoms with Crippen molar-refractivity contribution in [2.45, 2.75) is 17.4 Å². The molecule has 1 fully saturated rings. The third-order valence-electron chi connectivity index (χ3n) is 2.95. The topological polar surface area (TPSA) is 102 Å². The van der Waals surface area contributed by atoms with Crippen LogP contribution in [0.3, 0.4) is 0 Å².